The molecule has 4 aromatic carbocycles. The van der Waals surface area contributed by atoms with E-state index in [4.69, 9.17) is 0 Å². The van der Waals surface area contributed by atoms with Crippen LogP contribution in [0.15, 0.2) is 102 Å². The molecule has 1 N–H and O–H groups in total. The number of aryl methyl sites for hydroxylation is 1. The van der Waals surface area contributed by atoms with E-state index in [0.29, 0.717) is 32.4 Å². The molecular formula is C31H31BrN2O2. The molecule has 184 valence electrons. The second kappa shape index (κ2) is 12.5. The molecule has 36 heavy (non-hydrogen) atoms. The summed E-state index contributed by atoms with van der Waals surface area (Å²) in [6, 6.07) is 31.6. The quantitative estimate of drug-likeness (QED) is 0.255. The number of nitrogens with zero attached hydrogens (tertiary/aromatic N) is 1. The lowest BCUT2D eigenvalue weighted by Crippen LogP contribution is -2.50. The summed E-state index contributed by atoms with van der Waals surface area (Å²) in [5.74, 6) is -0.162. The van der Waals surface area contributed by atoms with Crippen LogP contribution in [0, 0.1) is 0 Å². The lowest BCUT2D eigenvalue weighted by molar-refractivity contribution is -0.141. The number of hydrogen-bond acceptors (Lipinski definition) is 2. The maximum atomic E-state index is 13.8. The molecule has 0 saturated carbocycles. The average Bonchev–Trinajstić information content (AvgIpc) is 2.90. The van der Waals surface area contributed by atoms with E-state index in [1.54, 1.807) is 4.90 Å². The summed E-state index contributed by atoms with van der Waals surface area (Å²) in [4.78, 5) is 28.9. The van der Waals surface area contributed by atoms with Gasteiger partial charge in [-0.05, 0) is 52.9 Å². The molecule has 1 atom stereocenters. The van der Waals surface area contributed by atoms with Crippen LogP contribution in [0.5, 0.6) is 0 Å². The van der Waals surface area contributed by atoms with Gasteiger partial charge in [0, 0.05) is 30.4 Å². The zero-order chi connectivity index (χ0) is 25.3. The van der Waals surface area contributed by atoms with E-state index in [1.165, 1.54) is 0 Å². The van der Waals surface area contributed by atoms with Crippen LogP contribution >= 0.6 is 15.9 Å². The van der Waals surface area contributed by atoms with Gasteiger partial charge in [0.1, 0.15) is 6.04 Å². The van der Waals surface area contributed by atoms with E-state index in [1.807, 2.05) is 79.7 Å². The Hall–Kier alpha value is -3.44. The molecule has 0 radical (unpaired) electrons. The third kappa shape index (κ3) is 6.61. The Labute approximate surface area is 221 Å². The third-order valence-corrected chi connectivity index (χ3v) is 6.85. The minimum Gasteiger partial charge on any atom is -0.355 e. The van der Waals surface area contributed by atoms with Gasteiger partial charge in [0.2, 0.25) is 11.8 Å². The maximum Gasteiger partial charge on any atom is 0.243 e. The lowest BCUT2D eigenvalue weighted by atomic mass is 9.99. The van der Waals surface area contributed by atoms with Crippen molar-refractivity contribution in [1.82, 2.24) is 10.2 Å². The number of carbonyl (C=O) groups is 2. The summed E-state index contributed by atoms with van der Waals surface area (Å²) >= 11 is 3.54. The van der Waals surface area contributed by atoms with Crippen molar-refractivity contribution in [2.24, 2.45) is 0 Å². The van der Waals surface area contributed by atoms with Gasteiger partial charge in [0.25, 0.3) is 0 Å². The molecule has 5 heteroatoms. The van der Waals surface area contributed by atoms with Crippen molar-refractivity contribution in [2.75, 3.05) is 6.54 Å². The molecule has 0 heterocycles. The molecule has 0 bridgehead atoms. The molecule has 4 rings (SSSR count). The largest absolute Gasteiger partial charge is 0.355 e. The van der Waals surface area contributed by atoms with Gasteiger partial charge < -0.3 is 10.2 Å². The fraction of sp³-hybridized carbons (Fsp3) is 0.226. The van der Waals surface area contributed by atoms with Gasteiger partial charge in [-0.2, -0.15) is 0 Å². The molecule has 0 spiro atoms. The van der Waals surface area contributed by atoms with Crippen LogP contribution in [0.4, 0.5) is 0 Å². The van der Waals surface area contributed by atoms with Gasteiger partial charge in [0.05, 0.1) is 0 Å². The summed E-state index contributed by atoms with van der Waals surface area (Å²) in [6.07, 6.45) is 1.40. The first kappa shape index (κ1) is 25.6. The zero-order valence-electron chi connectivity index (χ0n) is 20.5. The predicted molar refractivity (Wildman–Crippen MR) is 150 cm³/mol. The Morgan fingerprint density at radius 1 is 0.861 bits per heavy atom. The van der Waals surface area contributed by atoms with Gasteiger partial charge in [-0.25, -0.2) is 0 Å². The molecule has 2 amide bonds. The first-order chi connectivity index (χ1) is 17.5. The minimum absolute atomic E-state index is 0.0323. The summed E-state index contributed by atoms with van der Waals surface area (Å²) in [6.45, 7) is 2.78. The molecular weight excluding hydrogens is 512 g/mol. The van der Waals surface area contributed by atoms with Crippen molar-refractivity contribution in [3.8, 4) is 0 Å². The maximum absolute atomic E-state index is 13.8. The SMILES string of the molecule is CCNC(=O)C(Cc1ccccc1)N(Cc1cccc(Br)c1)C(=O)CCc1cccc2ccccc12. The van der Waals surface area contributed by atoms with E-state index in [0.717, 1.165) is 31.9 Å². The van der Waals surface area contributed by atoms with Crippen LogP contribution in [0.25, 0.3) is 10.8 Å². The Morgan fingerprint density at radius 3 is 2.33 bits per heavy atom. The second-order valence-corrected chi connectivity index (χ2v) is 9.81. The van der Waals surface area contributed by atoms with Crippen molar-refractivity contribution >= 4 is 38.5 Å². The number of nitrogens with one attached hydrogen (secondary N) is 1. The van der Waals surface area contributed by atoms with Crippen molar-refractivity contribution in [2.45, 2.75) is 38.8 Å². The number of amides is 2. The van der Waals surface area contributed by atoms with E-state index in [2.05, 4.69) is 45.5 Å². The number of rotatable bonds is 10. The van der Waals surface area contributed by atoms with E-state index in [-0.39, 0.29) is 11.8 Å². The number of fused-ring (bicyclic) bond motifs is 1. The van der Waals surface area contributed by atoms with Crippen LogP contribution in [0.3, 0.4) is 0 Å². The van der Waals surface area contributed by atoms with Crippen LogP contribution in [0.1, 0.15) is 30.0 Å². The van der Waals surface area contributed by atoms with E-state index < -0.39 is 6.04 Å². The zero-order valence-corrected chi connectivity index (χ0v) is 22.1. The highest BCUT2D eigenvalue weighted by molar-refractivity contribution is 9.10. The normalized spacial score (nSPS) is 11.7. The summed E-state index contributed by atoms with van der Waals surface area (Å²) in [5.41, 5.74) is 3.14. The smallest absolute Gasteiger partial charge is 0.243 e. The van der Waals surface area contributed by atoms with Gasteiger partial charge in [-0.3, -0.25) is 9.59 Å². The molecule has 0 aliphatic heterocycles. The number of likely N-dealkylation sites (N-methyl/N-ethyl adjacent to an activating group) is 1. The van der Waals surface area contributed by atoms with Gasteiger partial charge in [0.15, 0.2) is 0 Å². The van der Waals surface area contributed by atoms with Crippen LogP contribution in [-0.2, 0) is 29.0 Å². The summed E-state index contributed by atoms with van der Waals surface area (Å²) < 4.78 is 0.945. The Kier molecular flexibility index (Phi) is 8.90. The number of benzene rings is 4. The monoisotopic (exact) mass is 542 g/mol. The number of carbonyl (C=O) groups excluding carboxylic acids is 2. The Bertz CT molecular complexity index is 1320. The second-order valence-electron chi connectivity index (χ2n) is 8.89. The highest BCUT2D eigenvalue weighted by Crippen LogP contribution is 2.22. The van der Waals surface area contributed by atoms with Crippen molar-refractivity contribution < 1.29 is 9.59 Å². The highest BCUT2D eigenvalue weighted by atomic mass is 79.9. The standard InChI is InChI=1S/C31H31BrN2O2/c1-2-33-31(36)29(21-23-10-4-3-5-11-23)34(22-24-12-8-16-27(32)20-24)30(35)19-18-26-15-9-14-25-13-6-7-17-28(25)26/h3-17,20,29H,2,18-19,21-22H2,1H3,(H,33,36). The van der Waals surface area contributed by atoms with Crippen LogP contribution < -0.4 is 5.32 Å². The van der Waals surface area contributed by atoms with Crippen molar-refractivity contribution in [1.29, 1.82) is 0 Å². The predicted octanol–water partition coefficient (Wildman–Crippen LogP) is 6.31. The Balaban J connectivity index is 1.63. The number of hydrogen-bond donors (Lipinski definition) is 1. The number of halogens is 1. The van der Waals surface area contributed by atoms with Gasteiger partial charge in [-0.1, -0.05) is 101 Å². The van der Waals surface area contributed by atoms with E-state index in [9.17, 15) is 9.59 Å². The van der Waals surface area contributed by atoms with Crippen molar-refractivity contribution in [3.05, 3.63) is 118 Å². The molecule has 0 aliphatic carbocycles. The third-order valence-electron chi connectivity index (χ3n) is 6.35. The highest BCUT2D eigenvalue weighted by Gasteiger charge is 2.30. The fourth-order valence-electron chi connectivity index (χ4n) is 4.57. The molecule has 1 unspecified atom stereocenters. The van der Waals surface area contributed by atoms with Gasteiger partial charge in [-0.15, -0.1) is 0 Å². The van der Waals surface area contributed by atoms with Gasteiger partial charge >= 0.3 is 0 Å². The summed E-state index contributed by atoms with van der Waals surface area (Å²) in [7, 11) is 0. The first-order valence-electron chi connectivity index (χ1n) is 12.4. The van der Waals surface area contributed by atoms with Crippen LogP contribution in [-0.4, -0.2) is 29.3 Å². The molecule has 4 aromatic rings. The molecule has 4 nitrogen and oxygen atoms in total. The minimum atomic E-state index is -0.605. The first-order valence-corrected chi connectivity index (χ1v) is 13.2. The molecule has 0 aromatic heterocycles. The molecule has 0 fully saturated rings. The topological polar surface area (TPSA) is 49.4 Å². The van der Waals surface area contributed by atoms with E-state index >= 15 is 0 Å². The summed E-state index contributed by atoms with van der Waals surface area (Å²) in [5, 5.41) is 5.28. The van der Waals surface area contributed by atoms with Crippen LogP contribution in [0.2, 0.25) is 0 Å². The molecule has 0 aliphatic rings. The average molecular weight is 544 g/mol. The lowest BCUT2D eigenvalue weighted by Gasteiger charge is -2.31. The van der Waals surface area contributed by atoms with Crippen molar-refractivity contribution in [3.63, 3.8) is 0 Å². The molecule has 0 saturated heterocycles. The fourth-order valence-corrected chi connectivity index (χ4v) is 5.02. The Morgan fingerprint density at radius 2 is 1.56 bits per heavy atom.